The molecule has 0 atom stereocenters. The molecule has 0 aromatic heterocycles. The Kier molecular flexibility index (Phi) is 5.28. The number of nitrogens with one attached hydrogen (secondary N) is 1. The van der Waals surface area contributed by atoms with Crippen LogP contribution in [-0.2, 0) is 10.0 Å². The van der Waals surface area contributed by atoms with Crippen LogP contribution in [-0.4, -0.2) is 44.4 Å². The lowest BCUT2D eigenvalue weighted by molar-refractivity contribution is -0.385. The van der Waals surface area contributed by atoms with Crippen LogP contribution in [0, 0.1) is 17.0 Å². The Bertz CT molecular complexity index is 685. The maximum Gasteiger partial charge on any atom is 0.272 e. The molecule has 120 valence electrons. The Hall–Kier alpha value is -1.77. The fourth-order valence-electron chi connectivity index (χ4n) is 2.31. The number of nitro groups is 1. The first kappa shape index (κ1) is 16.6. The Labute approximate surface area is 129 Å². The van der Waals surface area contributed by atoms with E-state index in [4.69, 9.17) is 0 Å². The molecule has 0 bridgehead atoms. The average Bonchev–Trinajstić information content (AvgIpc) is 2.47. The van der Waals surface area contributed by atoms with Crippen LogP contribution in [0.25, 0.3) is 0 Å². The van der Waals surface area contributed by atoms with Crippen LogP contribution < -0.4 is 4.72 Å². The van der Waals surface area contributed by atoms with Gasteiger partial charge in [-0.15, -0.1) is 0 Å². The van der Waals surface area contributed by atoms with Crippen molar-refractivity contribution >= 4 is 15.7 Å². The van der Waals surface area contributed by atoms with Crippen molar-refractivity contribution in [1.82, 2.24) is 9.62 Å². The monoisotopic (exact) mass is 325 g/mol. The number of sulfonamides is 1. The zero-order valence-corrected chi connectivity index (χ0v) is 13.2. The number of aryl methyl sites for hydroxylation is 1. The van der Waals surface area contributed by atoms with Crippen LogP contribution in [0.1, 0.15) is 12.0 Å². The molecule has 0 saturated heterocycles. The zero-order chi connectivity index (χ0) is 16.2. The van der Waals surface area contributed by atoms with Gasteiger partial charge in [-0.1, -0.05) is 12.2 Å². The van der Waals surface area contributed by atoms with E-state index >= 15 is 0 Å². The van der Waals surface area contributed by atoms with Crippen molar-refractivity contribution in [2.24, 2.45) is 0 Å². The normalized spacial score (nSPS) is 15.9. The highest BCUT2D eigenvalue weighted by molar-refractivity contribution is 7.89. The second-order valence-corrected chi connectivity index (χ2v) is 6.93. The third-order valence-corrected chi connectivity index (χ3v) is 5.00. The van der Waals surface area contributed by atoms with Crippen LogP contribution in [0.15, 0.2) is 35.2 Å². The molecular formula is C14H19N3O4S. The molecule has 0 fully saturated rings. The molecule has 2 rings (SSSR count). The topological polar surface area (TPSA) is 92.6 Å². The Balaban J connectivity index is 1.99. The second kappa shape index (κ2) is 6.99. The highest BCUT2D eigenvalue weighted by Gasteiger charge is 2.18. The molecule has 1 aliphatic heterocycles. The Morgan fingerprint density at radius 3 is 2.73 bits per heavy atom. The van der Waals surface area contributed by atoms with E-state index in [1.54, 1.807) is 0 Å². The summed E-state index contributed by atoms with van der Waals surface area (Å²) in [5.41, 5.74) is 0.244. The van der Waals surface area contributed by atoms with Crippen molar-refractivity contribution in [3.05, 3.63) is 46.0 Å². The predicted octanol–water partition coefficient (Wildman–Crippen LogP) is 1.44. The predicted molar refractivity (Wildman–Crippen MR) is 83.2 cm³/mol. The van der Waals surface area contributed by atoms with Gasteiger partial charge in [0.25, 0.3) is 5.69 Å². The maximum atomic E-state index is 12.2. The van der Waals surface area contributed by atoms with Gasteiger partial charge < -0.3 is 0 Å². The van der Waals surface area contributed by atoms with E-state index in [9.17, 15) is 18.5 Å². The molecule has 1 aromatic rings. The molecule has 0 unspecified atom stereocenters. The highest BCUT2D eigenvalue weighted by atomic mass is 32.2. The van der Waals surface area contributed by atoms with E-state index in [2.05, 4.69) is 21.8 Å². The molecule has 1 N–H and O–H groups in total. The quantitative estimate of drug-likeness (QED) is 0.485. The van der Waals surface area contributed by atoms with Crippen molar-refractivity contribution < 1.29 is 13.3 Å². The van der Waals surface area contributed by atoms with E-state index in [1.807, 2.05) is 0 Å². The second-order valence-electron chi connectivity index (χ2n) is 5.16. The largest absolute Gasteiger partial charge is 0.298 e. The molecule has 22 heavy (non-hydrogen) atoms. The van der Waals surface area contributed by atoms with E-state index in [1.165, 1.54) is 25.1 Å². The molecule has 8 heteroatoms. The van der Waals surface area contributed by atoms with E-state index in [-0.39, 0.29) is 10.6 Å². The van der Waals surface area contributed by atoms with Gasteiger partial charge in [-0.05, 0) is 25.5 Å². The van der Waals surface area contributed by atoms with Gasteiger partial charge in [-0.3, -0.25) is 15.0 Å². The van der Waals surface area contributed by atoms with Gasteiger partial charge in [-0.25, -0.2) is 13.1 Å². The van der Waals surface area contributed by atoms with Crippen molar-refractivity contribution in [3.8, 4) is 0 Å². The van der Waals surface area contributed by atoms with Gasteiger partial charge in [-0.2, -0.15) is 0 Å². The first-order chi connectivity index (χ1) is 10.4. The van der Waals surface area contributed by atoms with E-state index in [0.29, 0.717) is 18.7 Å². The van der Waals surface area contributed by atoms with Crippen LogP contribution >= 0.6 is 0 Å². The van der Waals surface area contributed by atoms with Crippen LogP contribution in [0.5, 0.6) is 0 Å². The Morgan fingerprint density at radius 2 is 2.14 bits per heavy atom. The summed E-state index contributed by atoms with van der Waals surface area (Å²) in [7, 11) is -3.64. The summed E-state index contributed by atoms with van der Waals surface area (Å²) < 4.78 is 26.9. The van der Waals surface area contributed by atoms with Gasteiger partial charge in [0.1, 0.15) is 0 Å². The van der Waals surface area contributed by atoms with Crippen molar-refractivity contribution in [2.75, 3.05) is 26.2 Å². The molecular weight excluding hydrogens is 306 g/mol. The molecule has 1 aromatic carbocycles. The molecule has 0 amide bonds. The minimum absolute atomic E-state index is 0.0501. The number of nitrogens with zero attached hydrogens (tertiary/aromatic N) is 2. The summed E-state index contributed by atoms with van der Waals surface area (Å²) >= 11 is 0. The third kappa shape index (κ3) is 4.12. The van der Waals surface area contributed by atoms with Crippen molar-refractivity contribution in [1.29, 1.82) is 0 Å². The first-order valence-electron chi connectivity index (χ1n) is 7.02. The van der Waals surface area contributed by atoms with Gasteiger partial charge >= 0.3 is 0 Å². The summed E-state index contributed by atoms with van der Waals surface area (Å²) in [6.07, 6.45) is 5.16. The van der Waals surface area contributed by atoms with Crippen LogP contribution in [0.3, 0.4) is 0 Å². The van der Waals surface area contributed by atoms with E-state index < -0.39 is 14.9 Å². The van der Waals surface area contributed by atoms with Crippen LogP contribution in [0.4, 0.5) is 5.69 Å². The number of rotatable bonds is 6. The van der Waals surface area contributed by atoms with Crippen LogP contribution in [0.2, 0.25) is 0 Å². The standard InChI is InChI=1S/C14H19N3O4S/c1-12-11-13(5-6-14(12)17(18)19)22(20,21)15-7-10-16-8-3-2-4-9-16/h2-3,5-6,11,15H,4,7-10H2,1H3. The lowest BCUT2D eigenvalue weighted by Crippen LogP contribution is -2.36. The van der Waals surface area contributed by atoms with Crippen molar-refractivity contribution in [3.63, 3.8) is 0 Å². The molecule has 0 saturated carbocycles. The molecule has 7 nitrogen and oxygen atoms in total. The van der Waals surface area contributed by atoms with E-state index in [0.717, 1.165) is 19.5 Å². The van der Waals surface area contributed by atoms with Crippen molar-refractivity contribution in [2.45, 2.75) is 18.2 Å². The summed E-state index contributed by atoms with van der Waals surface area (Å²) in [6, 6.07) is 3.81. The minimum Gasteiger partial charge on any atom is -0.298 e. The summed E-state index contributed by atoms with van der Waals surface area (Å²) in [6.45, 7) is 4.23. The molecule has 1 aliphatic rings. The third-order valence-electron chi connectivity index (χ3n) is 3.54. The summed E-state index contributed by atoms with van der Waals surface area (Å²) in [4.78, 5) is 12.4. The molecule has 0 aliphatic carbocycles. The smallest absolute Gasteiger partial charge is 0.272 e. The van der Waals surface area contributed by atoms with Gasteiger partial charge in [0.2, 0.25) is 10.0 Å². The molecule has 0 spiro atoms. The van der Waals surface area contributed by atoms with Gasteiger partial charge in [0.15, 0.2) is 0 Å². The first-order valence-corrected chi connectivity index (χ1v) is 8.50. The zero-order valence-electron chi connectivity index (χ0n) is 12.4. The summed E-state index contributed by atoms with van der Waals surface area (Å²) in [5.74, 6) is 0. The fraction of sp³-hybridized carbons (Fsp3) is 0.429. The van der Waals surface area contributed by atoms with Gasteiger partial charge in [0, 0.05) is 37.8 Å². The lowest BCUT2D eigenvalue weighted by atomic mass is 10.2. The number of hydrogen-bond donors (Lipinski definition) is 1. The lowest BCUT2D eigenvalue weighted by Gasteiger charge is -2.22. The Morgan fingerprint density at radius 1 is 1.36 bits per heavy atom. The highest BCUT2D eigenvalue weighted by Crippen LogP contribution is 2.21. The fourth-order valence-corrected chi connectivity index (χ4v) is 3.42. The SMILES string of the molecule is Cc1cc(S(=O)(=O)NCCN2CC=CCC2)ccc1[N+](=O)[O-]. The maximum absolute atomic E-state index is 12.2. The average molecular weight is 325 g/mol. The number of nitro benzene ring substituents is 1. The summed E-state index contributed by atoms with van der Waals surface area (Å²) in [5, 5.41) is 10.8. The number of benzene rings is 1. The molecule has 0 radical (unpaired) electrons. The number of hydrogen-bond acceptors (Lipinski definition) is 5. The minimum atomic E-state index is -3.64. The van der Waals surface area contributed by atoms with Gasteiger partial charge in [0.05, 0.1) is 9.82 Å². The molecule has 1 heterocycles.